The predicted molar refractivity (Wildman–Crippen MR) is 245 cm³/mol. The van der Waals surface area contributed by atoms with Crippen LogP contribution in [0.3, 0.4) is 0 Å². The van der Waals surface area contributed by atoms with E-state index in [-0.39, 0.29) is 0 Å². The summed E-state index contributed by atoms with van der Waals surface area (Å²) in [5.74, 6) is 7.80. The van der Waals surface area contributed by atoms with Crippen LogP contribution in [0.5, 0.6) is 11.5 Å². The van der Waals surface area contributed by atoms with Crippen LogP contribution in [-0.2, 0) is 0 Å². The summed E-state index contributed by atoms with van der Waals surface area (Å²) in [5.41, 5.74) is 1.78. The third-order valence-corrected chi connectivity index (χ3v) is 11.8. The quantitative estimate of drug-likeness (QED) is 0.0349. The van der Waals surface area contributed by atoms with Crippen molar-refractivity contribution in [2.24, 2.45) is 0 Å². The highest BCUT2D eigenvalue weighted by Gasteiger charge is 2.18. The summed E-state index contributed by atoms with van der Waals surface area (Å²) in [6.07, 6.45) is 38.6. The van der Waals surface area contributed by atoms with Crippen LogP contribution in [-0.4, -0.2) is 13.2 Å². The number of ether oxygens (including phenoxy) is 2. The molecule has 0 fully saturated rings. The van der Waals surface area contributed by atoms with Gasteiger partial charge < -0.3 is 9.47 Å². The minimum Gasteiger partial charge on any atom is -0.494 e. The van der Waals surface area contributed by atoms with Crippen molar-refractivity contribution in [2.75, 3.05) is 13.2 Å². The Bertz CT molecular complexity index is 2120. The Kier molecular flexibility index (Phi) is 15.8. The third kappa shape index (κ3) is 10.2. The molecule has 2 nitrogen and oxygen atoms in total. The number of unbranched alkanes of at least 4 members (excludes halogenated alkanes) is 18. The van der Waals surface area contributed by atoms with Gasteiger partial charge in [-0.1, -0.05) is 166 Å². The molecule has 0 N–H and O–H groups in total. The van der Waals surface area contributed by atoms with E-state index in [1.54, 1.807) is 0 Å². The fourth-order valence-electron chi connectivity index (χ4n) is 8.70. The van der Waals surface area contributed by atoms with Crippen molar-refractivity contribution >= 4 is 53.9 Å². The molecule has 0 heterocycles. The van der Waals surface area contributed by atoms with Crippen LogP contribution < -0.4 is 9.47 Å². The number of hydrogen-bond acceptors (Lipinski definition) is 2. The lowest BCUT2D eigenvalue weighted by Crippen LogP contribution is -1.98. The fraction of sp³-hybridized carbons (Fsp3) is 0.444. The molecule has 6 aromatic carbocycles. The second-order valence-corrected chi connectivity index (χ2v) is 16.0. The second kappa shape index (κ2) is 21.6. The van der Waals surface area contributed by atoms with E-state index >= 15 is 0 Å². The molecule has 6 aromatic rings. The number of benzene rings is 6. The smallest absolute Gasteiger partial charge is 0.119 e. The van der Waals surface area contributed by atoms with Crippen LogP contribution in [0.2, 0.25) is 0 Å². The van der Waals surface area contributed by atoms with Gasteiger partial charge in [0.25, 0.3) is 0 Å². The van der Waals surface area contributed by atoms with E-state index in [0.717, 1.165) is 67.8 Å². The van der Waals surface area contributed by atoms with Gasteiger partial charge in [-0.05, 0) is 115 Å². The zero-order chi connectivity index (χ0) is 39.0. The van der Waals surface area contributed by atoms with E-state index < -0.39 is 0 Å². The van der Waals surface area contributed by atoms with Crippen LogP contribution in [0, 0.1) is 24.7 Å². The summed E-state index contributed by atoms with van der Waals surface area (Å²) in [5, 5.41) is 11.3. The topological polar surface area (TPSA) is 18.5 Å². The largest absolute Gasteiger partial charge is 0.494 e. The fourth-order valence-corrected chi connectivity index (χ4v) is 8.70. The molecule has 0 aliphatic carbocycles. The van der Waals surface area contributed by atoms with Crippen LogP contribution in [0.1, 0.15) is 153 Å². The minimum atomic E-state index is 0.715. The summed E-state index contributed by atoms with van der Waals surface area (Å²) in [4.78, 5) is 0. The van der Waals surface area contributed by atoms with Crippen molar-refractivity contribution in [3.8, 4) is 36.2 Å². The van der Waals surface area contributed by atoms with Crippen molar-refractivity contribution in [3.05, 3.63) is 83.9 Å². The van der Waals surface area contributed by atoms with Gasteiger partial charge in [-0.15, -0.1) is 12.8 Å². The van der Waals surface area contributed by atoms with Crippen molar-refractivity contribution in [2.45, 2.75) is 142 Å². The lowest BCUT2D eigenvalue weighted by Gasteiger charge is -2.18. The molecule has 0 spiro atoms. The zero-order valence-electron chi connectivity index (χ0n) is 34.5. The second-order valence-electron chi connectivity index (χ2n) is 16.0. The third-order valence-electron chi connectivity index (χ3n) is 11.8. The van der Waals surface area contributed by atoms with E-state index in [2.05, 4.69) is 98.5 Å². The van der Waals surface area contributed by atoms with Gasteiger partial charge in [0.05, 0.1) is 13.2 Å². The van der Waals surface area contributed by atoms with E-state index in [9.17, 15) is 0 Å². The van der Waals surface area contributed by atoms with Gasteiger partial charge >= 0.3 is 0 Å². The maximum absolute atomic E-state index is 6.46. The van der Waals surface area contributed by atoms with E-state index in [0.29, 0.717) is 13.2 Å². The molecule has 2 heteroatoms. The summed E-state index contributed by atoms with van der Waals surface area (Å²) >= 11 is 0. The lowest BCUT2D eigenvalue weighted by atomic mass is 9.86. The molecule has 56 heavy (non-hydrogen) atoms. The zero-order valence-corrected chi connectivity index (χ0v) is 34.5. The summed E-state index contributed by atoms with van der Waals surface area (Å²) in [6.45, 7) is 5.99. The molecule has 0 unspecified atom stereocenters. The molecule has 0 bridgehead atoms. The van der Waals surface area contributed by atoms with Gasteiger partial charge in [-0.25, -0.2) is 0 Å². The van der Waals surface area contributed by atoms with Crippen molar-refractivity contribution in [1.82, 2.24) is 0 Å². The van der Waals surface area contributed by atoms with E-state index in [4.69, 9.17) is 22.3 Å². The Morgan fingerprint density at radius 2 is 0.714 bits per heavy atom. The van der Waals surface area contributed by atoms with Gasteiger partial charge in [0.1, 0.15) is 11.5 Å². The summed E-state index contributed by atoms with van der Waals surface area (Å²) < 4.78 is 12.9. The standard InChI is InChI=1S/C54H64O2/c1-5-9-11-13-15-17-19-21-23-27-35-55-43-31-33-45-41(7-3)37-49-47-29-25-26-30-48(47)50-38-42(8-4)46-34-32-44(40-52(46)54(50)53(49)51(45)39-43)56-36-28-24-22-20-18-16-14-12-10-6-2/h3-4,25-26,29-34,37-40H,5-6,9-24,27-28,35-36H2,1-2H3. The molecule has 0 atom stereocenters. The maximum atomic E-state index is 6.46. The molecular formula is C54H64O2. The minimum absolute atomic E-state index is 0.715. The van der Waals surface area contributed by atoms with Crippen molar-refractivity contribution < 1.29 is 9.47 Å². The van der Waals surface area contributed by atoms with Crippen LogP contribution in [0.25, 0.3) is 53.9 Å². The van der Waals surface area contributed by atoms with E-state index in [1.165, 1.54) is 137 Å². The Morgan fingerprint density at radius 1 is 0.375 bits per heavy atom. The predicted octanol–water partition coefficient (Wildman–Crippen LogP) is 16.0. The SMILES string of the molecule is C#Cc1cc2c3ccccc3c3cc(C#C)c4ccc(OCCCCCCCCCCCC)cc4c3c2c2cc(OCCCCCCCCCCCC)ccc12. The van der Waals surface area contributed by atoms with Crippen LogP contribution >= 0.6 is 0 Å². The first-order valence-electron chi connectivity index (χ1n) is 22.2. The number of terminal acetylenes is 2. The molecule has 0 saturated carbocycles. The number of hydrogen-bond donors (Lipinski definition) is 0. The molecule has 0 radical (unpaired) electrons. The van der Waals surface area contributed by atoms with Crippen LogP contribution in [0.15, 0.2) is 72.8 Å². The molecule has 0 amide bonds. The Labute approximate surface area is 337 Å². The van der Waals surface area contributed by atoms with E-state index in [1.807, 2.05) is 0 Å². The molecule has 0 aromatic heterocycles. The lowest BCUT2D eigenvalue weighted by molar-refractivity contribution is 0.304. The summed E-state index contributed by atoms with van der Waals surface area (Å²) in [6, 6.07) is 26.0. The maximum Gasteiger partial charge on any atom is 0.119 e. The average molecular weight is 745 g/mol. The highest BCUT2D eigenvalue weighted by atomic mass is 16.5. The van der Waals surface area contributed by atoms with Crippen molar-refractivity contribution in [1.29, 1.82) is 0 Å². The molecule has 6 rings (SSSR count). The normalized spacial score (nSPS) is 11.5. The highest BCUT2D eigenvalue weighted by Crippen LogP contribution is 2.45. The Balaban J connectivity index is 1.28. The Morgan fingerprint density at radius 3 is 1.07 bits per heavy atom. The number of rotatable bonds is 24. The highest BCUT2D eigenvalue weighted by molar-refractivity contribution is 6.37. The van der Waals surface area contributed by atoms with Crippen LogP contribution in [0.4, 0.5) is 0 Å². The first kappa shape index (κ1) is 41.0. The first-order chi connectivity index (χ1) is 27.7. The van der Waals surface area contributed by atoms with Gasteiger partial charge in [0.15, 0.2) is 0 Å². The van der Waals surface area contributed by atoms with Gasteiger partial charge in [-0.3, -0.25) is 0 Å². The van der Waals surface area contributed by atoms with Gasteiger partial charge in [0, 0.05) is 11.1 Å². The first-order valence-corrected chi connectivity index (χ1v) is 22.2. The molecule has 0 saturated heterocycles. The number of fused-ring (bicyclic) bond motifs is 10. The Hall–Kier alpha value is -4.66. The summed E-state index contributed by atoms with van der Waals surface area (Å²) in [7, 11) is 0. The molecule has 0 aliphatic rings. The van der Waals surface area contributed by atoms with Gasteiger partial charge in [0.2, 0.25) is 0 Å². The molecule has 0 aliphatic heterocycles. The average Bonchev–Trinajstić information content (AvgIpc) is 3.23. The monoisotopic (exact) mass is 744 g/mol. The van der Waals surface area contributed by atoms with Gasteiger partial charge in [-0.2, -0.15) is 0 Å². The molecular weight excluding hydrogens is 681 g/mol. The van der Waals surface area contributed by atoms with Crippen molar-refractivity contribution in [3.63, 3.8) is 0 Å². The molecule has 292 valence electrons.